The van der Waals surface area contributed by atoms with Crippen molar-refractivity contribution >= 4 is 57.6 Å². The molecule has 6 nitrogen and oxygen atoms in total. The Balaban J connectivity index is 2.00. The molecule has 9 heteroatoms. The third kappa shape index (κ3) is 4.45. The Bertz CT molecular complexity index is 707. The predicted octanol–water partition coefficient (Wildman–Crippen LogP) is 4.22. The summed E-state index contributed by atoms with van der Waals surface area (Å²) in [5, 5.41) is 14.9. The number of nitro benzene ring substituents is 1. The Morgan fingerprint density at radius 2 is 1.77 bits per heavy atom. The molecule has 0 radical (unpaired) electrons. The van der Waals surface area contributed by atoms with Gasteiger partial charge in [-0.05, 0) is 36.5 Å². The molecule has 0 saturated carbocycles. The molecular formula is C13H10Cl2N4O2S. The quantitative estimate of drug-likeness (QED) is 0.432. The number of benzene rings is 2. The van der Waals surface area contributed by atoms with E-state index < -0.39 is 4.92 Å². The summed E-state index contributed by atoms with van der Waals surface area (Å²) >= 11 is 16.9. The zero-order chi connectivity index (χ0) is 16.1. The van der Waals surface area contributed by atoms with Gasteiger partial charge in [-0.25, -0.2) is 0 Å². The van der Waals surface area contributed by atoms with Gasteiger partial charge >= 0.3 is 0 Å². The van der Waals surface area contributed by atoms with Crippen molar-refractivity contribution in [3.8, 4) is 0 Å². The fourth-order valence-electron chi connectivity index (χ4n) is 1.65. The average molecular weight is 357 g/mol. The van der Waals surface area contributed by atoms with E-state index >= 15 is 0 Å². The first kappa shape index (κ1) is 16.3. The largest absolute Gasteiger partial charge is 0.331 e. The van der Waals surface area contributed by atoms with Gasteiger partial charge in [-0.3, -0.25) is 21.0 Å². The van der Waals surface area contributed by atoms with Crippen LogP contribution in [-0.4, -0.2) is 10.0 Å². The number of hydrazine groups is 1. The van der Waals surface area contributed by atoms with Crippen molar-refractivity contribution in [1.82, 2.24) is 5.43 Å². The Labute approximate surface area is 141 Å². The smallest absolute Gasteiger partial charge is 0.294 e. The first-order valence-electron chi connectivity index (χ1n) is 5.98. The van der Waals surface area contributed by atoms with Crippen molar-refractivity contribution in [1.29, 1.82) is 0 Å². The fraction of sp³-hybridized carbons (Fsp3) is 0. The lowest BCUT2D eigenvalue weighted by atomic mass is 10.3. The van der Waals surface area contributed by atoms with Crippen molar-refractivity contribution < 1.29 is 4.92 Å². The van der Waals surface area contributed by atoms with Gasteiger partial charge in [-0.15, -0.1) is 0 Å². The Kier molecular flexibility index (Phi) is 5.37. The number of anilines is 2. The minimum Gasteiger partial charge on any atom is -0.331 e. The van der Waals surface area contributed by atoms with E-state index in [1.54, 1.807) is 36.4 Å². The number of hydrogen-bond acceptors (Lipinski definition) is 4. The average Bonchev–Trinajstić information content (AvgIpc) is 2.44. The molecule has 0 amide bonds. The van der Waals surface area contributed by atoms with Crippen LogP contribution < -0.4 is 16.2 Å². The molecule has 0 heterocycles. The number of hydrogen-bond donors (Lipinski definition) is 3. The number of thiocarbonyl (C=S) groups is 1. The van der Waals surface area contributed by atoms with Crippen LogP contribution in [0.4, 0.5) is 17.1 Å². The molecule has 0 bridgehead atoms. The molecule has 0 saturated heterocycles. The van der Waals surface area contributed by atoms with E-state index in [9.17, 15) is 10.1 Å². The van der Waals surface area contributed by atoms with E-state index in [-0.39, 0.29) is 10.8 Å². The standard InChI is InChI=1S/C13H10Cl2N4O2S/c14-8-5-9(15)7-10(6-8)16-13(22)18-17-11-3-1-2-4-12(11)19(20)21/h1-7,17H,(H2,16,18,22). The molecule has 0 aliphatic carbocycles. The maximum atomic E-state index is 10.9. The van der Waals surface area contributed by atoms with Gasteiger partial charge in [0.05, 0.1) is 4.92 Å². The highest BCUT2D eigenvalue weighted by molar-refractivity contribution is 7.80. The van der Waals surface area contributed by atoms with Crippen LogP contribution >= 0.6 is 35.4 Å². The van der Waals surface area contributed by atoms with Crippen molar-refractivity contribution in [2.75, 3.05) is 10.7 Å². The first-order valence-corrected chi connectivity index (χ1v) is 7.14. The Morgan fingerprint density at radius 1 is 1.14 bits per heavy atom. The highest BCUT2D eigenvalue weighted by Crippen LogP contribution is 2.23. The molecule has 22 heavy (non-hydrogen) atoms. The van der Waals surface area contributed by atoms with Gasteiger partial charge in [0.2, 0.25) is 0 Å². The van der Waals surface area contributed by atoms with Crippen LogP contribution in [-0.2, 0) is 0 Å². The number of nitro groups is 1. The molecule has 2 aromatic rings. The van der Waals surface area contributed by atoms with E-state index in [1.807, 2.05) is 0 Å². The second-order valence-corrected chi connectivity index (χ2v) is 5.42. The molecule has 3 N–H and O–H groups in total. The zero-order valence-electron chi connectivity index (χ0n) is 11.0. The molecule has 2 aromatic carbocycles. The third-order valence-electron chi connectivity index (χ3n) is 2.53. The highest BCUT2D eigenvalue weighted by Gasteiger charge is 2.12. The van der Waals surface area contributed by atoms with E-state index in [0.29, 0.717) is 21.4 Å². The van der Waals surface area contributed by atoms with Gasteiger partial charge in [-0.1, -0.05) is 35.3 Å². The second kappa shape index (κ2) is 7.26. The number of nitrogens with one attached hydrogen (secondary N) is 3. The molecular weight excluding hydrogens is 347 g/mol. The molecule has 0 spiro atoms. The summed E-state index contributed by atoms with van der Waals surface area (Å²) in [5.74, 6) is 0. The Morgan fingerprint density at radius 3 is 2.41 bits per heavy atom. The van der Waals surface area contributed by atoms with Crippen LogP contribution in [0, 0.1) is 10.1 Å². The number of para-hydroxylation sites is 2. The maximum Gasteiger partial charge on any atom is 0.294 e. The summed E-state index contributed by atoms with van der Waals surface area (Å²) in [4.78, 5) is 10.4. The fourth-order valence-corrected chi connectivity index (χ4v) is 2.35. The lowest BCUT2D eigenvalue weighted by Gasteiger charge is -2.13. The van der Waals surface area contributed by atoms with E-state index in [2.05, 4.69) is 16.2 Å². The minimum atomic E-state index is -0.489. The topological polar surface area (TPSA) is 79.2 Å². The summed E-state index contributed by atoms with van der Waals surface area (Å²) in [5.41, 5.74) is 6.17. The molecule has 0 unspecified atom stereocenters. The zero-order valence-corrected chi connectivity index (χ0v) is 13.3. The molecule has 0 aliphatic heterocycles. The predicted molar refractivity (Wildman–Crippen MR) is 92.5 cm³/mol. The maximum absolute atomic E-state index is 10.9. The Hall–Kier alpha value is -2.09. The normalized spacial score (nSPS) is 9.91. The van der Waals surface area contributed by atoms with Gasteiger partial charge in [0, 0.05) is 21.8 Å². The number of nitrogens with zero attached hydrogens (tertiary/aromatic N) is 1. The van der Waals surface area contributed by atoms with Crippen LogP contribution in [0.5, 0.6) is 0 Å². The molecule has 0 atom stereocenters. The van der Waals surface area contributed by atoms with Crippen LogP contribution in [0.15, 0.2) is 42.5 Å². The summed E-state index contributed by atoms with van der Waals surface area (Å²) in [7, 11) is 0. The number of halogens is 2. The SMILES string of the molecule is O=[N+]([O-])c1ccccc1NNC(=S)Nc1cc(Cl)cc(Cl)c1. The molecule has 0 fully saturated rings. The molecule has 0 aromatic heterocycles. The van der Waals surface area contributed by atoms with Crippen LogP contribution in [0.2, 0.25) is 10.0 Å². The second-order valence-electron chi connectivity index (χ2n) is 4.14. The summed E-state index contributed by atoms with van der Waals surface area (Å²) < 4.78 is 0. The molecule has 114 valence electrons. The van der Waals surface area contributed by atoms with Gasteiger partial charge in [0.25, 0.3) is 5.69 Å². The summed E-state index contributed by atoms with van der Waals surface area (Å²) in [6.07, 6.45) is 0. The van der Waals surface area contributed by atoms with Gasteiger partial charge in [0.1, 0.15) is 5.69 Å². The van der Waals surface area contributed by atoms with Crippen LogP contribution in [0.3, 0.4) is 0 Å². The van der Waals surface area contributed by atoms with Crippen molar-refractivity contribution in [3.63, 3.8) is 0 Å². The highest BCUT2D eigenvalue weighted by atomic mass is 35.5. The van der Waals surface area contributed by atoms with Crippen LogP contribution in [0.1, 0.15) is 0 Å². The monoisotopic (exact) mass is 356 g/mol. The van der Waals surface area contributed by atoms with Crippen molar-refractivity contribution in [3.05, 3.63) is 62.6 Å². The van der Waals surface area contributed by atoms with E-state index in [0.717, 1.165) is 0 Å². The van der Waals surface area contributed by atoms with Gasteiger partial charge in [0.15, 0.2) is 5.11 Å². The van der Waals surface area contributed by atoms with E-state index in [1.165, 1.54) is 6.07 Å². The van der Waals surface area contributed by atoms with E-state index in [4.69, 9.17) is 35.4 Å². The van der Waals surface area contributed by atoms with Gasteiger partial charge < -0.3 is 5.32 Å². The first-order chi connectivity index (χ1) is 10.5. The van der Waals surface area contributed by atoms with Gasteiger partial charge in [-0.2, -0.15) is 0 Å². The minimum absolute atomic E-state index is 0.0661. The number of rotatable bonds is 4. The summed E-state index contributed by atoms with van der Waals surface area (Å²) in [6, 6.07) is 11.1. The van der Waals surface area contributed by atoms with Crippen LogP contribution in [0.25, 0.3) is 0 Å². The lowest BCUT2D eigenvalue weighted by molar-refractivity contribution is -0.384. The third-order valence-corrected chi connectivity index (χ3v) is 3.17. The van der Waals surface area contributed by atoms with Crippen molar-refractivity contribution in [2.24, 2.45) is 0 Å². The molecule has 0 aliphatic rings. The lowest BCUT2D eigenvalue weighted by Crippen LogP contribution is -2.33. The van der Waals surface area contributed by atoms with Crippen molar-refractivity contribution in [2.45, 2.75) is 0 Å². The molecule has 2 rings (SSSR count). The summed E-state index contributed by atoms with van der Waals surface area (Å²) in [6.45, 7) is 0.